The standard InChI is InChI=1S/C13H20N2O/c1-10-2-3-12(8-13(10)14)15-6-4-11-5-7-16-9-11/h2-3,8,11,15H,4-7,9,14H2,1H3. The average Bonchev–Trinajstić information content (AvgIpc) is 2.76. The minimum atomic E-state index is 0.732. The van der Waals surface area contributed by atoms with Crippen molar-refractivity contribution in [3.8, 4) is 0 Å². The van der Waals surface area contributed by atoms with E-state index in [9.17, 15) is 0 Å². The molecule has 0 radical (unpaired) electrons. The highest BCUT2D eigenvalue weighted by Crippen LogP contribution is 2.19. The lowest BCUT2D eigenvalue weighted by molar-refractivity contribution is 0.185. The van der Waals surface area contributed by atoms with Gasteiger partial charge in [0, 0.05) is 31.1 Å². The molecule has 3 nitrogen and oxygen atoms in total. The molecule has 88 valence electrons. The number of aryl methyl sites for hydroxylation is 1. The van der Waals surface area contributed by atoms with Crippen LogP contribution in [0.1, 0.15) is 18.4 Å². The first-order chi connectivity index (χ1) is 7.75. The van der Waals surface area contributed by atoms with Crippen LogP contribution in [-0.4, -0.2) is 19.8 Å². The SMILES string of the molecule is Cc1ccc(NCCC2CCOC2)cc1N. The number of anilines is 2. The molecule has 1 saturated heterocycles. The van der Waals surface area contributed by atoms with E-state index in [1.165, 1.54) is 12.8 Å². The fourth-order valence-electron chi connectivity index (χ4n) is 1.98. The average molecular weight is 220 g/mol. The quantitative estimate of drug-likeness (QED) is 0.766. The summed E-state index contributed by atoms with van der Waals surface area (Å²) in [6.45, 7) is 4.88. The first kappa shape index (κ1) is 11.3. The van der Waals surface area contributed by atoms with Crippen molar-refractivity contribution in [3.63, 3.8) is 0 Å². The number of ether oxygens (including phenoxy) is 1. The van der Waals surface area contributed by atoms with E-state index >= 15 is 0 Å². The van der Waals surface area contributed by atoms with Crippen molar-refractivity contribution in [1.82, 2.24) is 0 Å². The molecule has 1 aliphatic rings. The molecule has 0 aromatic heterocycles. The molecule has 16 heavy (non-hydrogen) atoms. The van der Waals surface area contributed by atoms with E-state index in [0.29, 0.717) is 0 Å². The molecule has 0 spiro atoms. The summed E-state index contributed by atoms with van der Waals surface area (Å²) in [6, 6.07) is 6.13. The Balaban J connectivity index is 1.78. The normalized spacial score (nSPS) is 19.9. The Morgan fingerprint density at radius 2 is 2.38 bits per heavy atom. The number of nitrogens with two attached hydrogens (primary N) is 1. The molecule has 0 aliphatic carbocycles. The molecule has 3 N–H and O–H groups in total. The molecule has 0 bridgehead atoms. The van der Waals surface area contributed by atoms with Crippen LogP contribution in [-0.2, 0) is 4.74 Å². The van der Waals surface area contributed by atoms with Gasteiger partial charge in [-0.1, -0.05) is 6.07 Å². The molecule has 1 fully saturated rings. The van der Waals surface area contributed by atoms with Gasteiger partial charge >= 0.3 is 0 Å². The van der Waals surface area contributed by atoms with E-state index in [-0.39, 0.29) is 0 Å². The number of benzene rings is 1. The molecule has 0 saturated carbocycles. The van der Waals surface area contributed by atoms with Crippen molar-refractivity contribution in [1.29, 1.82) is 0 Å². The van der Waals surface area contributed by atoms with E-state index in [4.69, 9.17) is 10.5 Å². The maximum absolute atomic E-state index is 5.85. The third-order valence-corrected chi connectivity index (χ3v) is 3.18. The lowest BCUT2D eigenvalue weighted by Crippen LogP contribution is -2.09. The first-order valence-corrected chi connectivity index (χ1v) is 5.93. The molecule has 1 unspecified atom stereocenters. The highest BCUT2D eigenvalue weighted by molar-refractivity contribution is 5.58. The fraction of sp³-hybridized carbons (Fsp3) is 0.538. The lowest BCUT2D eigenvalue weighted by Gasteiger charge is -2.11. The van der Waals surface area contributed by atoms with Crippen molar-refractivity contribution >= 4 is 11.4 Å². The van der Waals surface area contributed by atoms with Gasteiger partial charge in [-0.15, -0.1) is 0 Å². The highest BCUT2D eigenvalue weighted by atomic mass is 16.5. The van der Waals surface area contributed by atoms with Gasteiger partial charge < -0.3 is 15.8 Å². The predicted molar refractivity (Wildman–Crippen MR) is 67.6 cm³/mol. The third-order valence-electron chi connectivity index (χ3n) is 3.18. The van der Waals surface area contributed by atoms with E-state index in [2.05, 4.69) is 17.4 Å². The van der Waals surface area contributed by atoms with Crippen LogP contribution in [0, 0.1) is 12.8 Å². The zero-order valence-electron chi connectivity index (χ0n) is 9.83. The first-order valence-electron chi connectivity index (χ1n) is 5.93. The van der Waals surface area contributed by atoms with Crippen LogP contribution in [0.25, 0.3) is 0 Å². The summed E-state index contributed by atoms with van der Waals surface area (Å²) in [5.41, 5.74) is 8.96. The minimum Gasteiger partial charge on any atom is -0.398 e. The zero-order chi connectivity index (χ0) is 11.4. The van der Waals surface area contributed by atoms with Crippen LogP contribution in [0.15, 0.2) is 18.2 Å². The largest absolute Gasteiger partial charge is 0.398 e. The molecular formula is C13H20N2O. The number of rotatable bonds is 4. The third kappa shape index (κ3) is 2.89. The van der Waals surface area contributed by atoms with Crippen molar-refractivity contribution in [2.75, 3.05) is 30.8 Å². The summed E-state index contributed by atoms with van der Waals surface area (Å²) in [5, 5.41) is 3.40. The topological polar surface area (TPSA) is 47.3 Å². The fourth-order valence-corrected chi connectivity index (χ4v) is 1.98. The van der Waals surface area contributed by atoms with E-state index in [0.717, 1.165) is 42.6 Å². The Morgan fingerprint density at radius 1 is 1.50 bits per heavy atom. The summed E-state index contributed by atoms with van der Waals surface area (Å²) in [4.78, 5) is 0. The highest BCUT2D eigenvalue weighted by Gasteiger charge is 2.14. The smallest absolute Gasteiger partial charge is 0.0495 e. The van der Waals surface area contributed by atoms with Crippen LogP contribution in [0.2, 0.25) is 0 Å². The van der Waals surface area contributed by atoms with Crippen LogP contribution < -0.4 is 11.1 Å². The second-order valence-electron chi connectivity index (χ2n) is 4.52. The van der Waals surface area contributed by atoms with Gasteiger partial charge in [-0.3, -0.25) is 0 Å². The van der Waals surface area contributed by atoms with Crippen LogP contribution in [0.3, 0.4) is 0 Å². The summed E-state index contributed by atoms with van der Waals surface area (Å²) in [7, 11) is 0. The summed E-state index contributed by atoms with van der Waals surface area (Å²) >= 11 is 0. The molecule has 3 heteroatoms. The van der Waals surface area contributed by atoms with Gasteiger partial charge in [0.25, 0.3) is 0 Å². The van der Waals surface area contributed by atoms with E-state index in [1.54, 1.807) is 0 Å². The zero-order valence-corrected chi connectivity index (χ0v) is 9.83. The molecule has 1 aliphatic heterocycles. The van der Waals surface area contributed by atoms with Crippen molar-refractivity contribution in [2.24, 2.45) is 5.92 Å². The second kappa shape index (κ2) is 5.21. The van der Waals surface area contributed by atoms with Crippen molar-refractivity contribution in [3.05, 3.63) is 23.8 Å². The number of nitrogens with one attached hydrogen (secondary N) is 1. The van der Waals surface area contributed by atoms with E-state index < -0.39 is 0 Å². The van der Waals surface area contributed by atoms with Crippen molar-refractivity contribution in [2.45, 2.75) is 19.8 Å². The minimum absolute atomic E-state index is 0.732. The number of hydrogen-bond donors (Lipinski definition) is 2. The van der Waals surface area contributed by atoms with Crippen LogP contribution >= 0.6 is 0 Å². The monoisotopic (exact) mass is 220 g/mol. The molecule has 2 rings (SSSR count). The van der Waals surface area contributed by atoms with Gasteiger partial charge in [-0.2, -0.15) is 0 Å². The van der Waals surface area contributed by atoms with Gasteiger partial charge in [-0.25, -0.2) is 0 Å². The second-order valence-corrected chi connectivity index (χ2v) is 4.52. The Hall–Kier alpha value is -1.22. The van der Waals surface area contributed by atoms with Gasteiger partial charge in [0.1, 0.15) is 0 Å². The molecule has 1 aromatic carbocycles. The number of nitrogen functional groups attached to an aromatic ring is 1. The molecular weight excluding hydrogens is 200 g/mol. The Kier molecular flexibility index (Phi) is 3.67. The summed E-state index contributed by atoms with van der Waals surface area (Å²) in [6.07, 6.45) is 2.38. The molecule has 1 atom stereocenters. The Labute approximate surface area is 97.0 Å². The maximum Gasteiger partial charge on any atom is 0.0495 e. The maximum atomic E-state index is 5.85. The number of hydrogen-bond acceptors (Lipinski definition) is 3. The van der Waals surface area contributed by atoms with E-state index in [1.807, 2.05) is 13.0 Å². The van der Waals surface area contributed by atoms with Crippen LogP contribution in [0.5, 0.6) is 0 Å². The Morgan fingerprint density at radius 3 is 3.06 bits per heavy atom. The van der Waals surface area contributed by atoms with Gasteiger partial charge in [0.15, 0.2) is 0 Å². The Bertz CT molecular complexity index is 346. The molecule has 0 amide bonds. The predicted octanol–water partition coefficient (Wildman–Crippen LogP) is 2.42. The van der Waals surface area contributed by atoms with Gasteiger partial charge in [0.2, 0.25) is 0 Å². The van der Waals surface area contributed by atoms with Crippen LogP contribution in [0.4, 0.5) is 11.4 Å². The molecule has 1 aromatic rings. The summed E-state index contributed by atoms with van der Waals surface area (Å²) in [5.74, 6) is 0.732. The summed E-state index contributed by atoms with van der Waals surface area (Å²) < 4.78 is 5.35. The van der Waals surface area contributed by atoms with Gasteiger partial charge in [0.05, 0.1) is 0 Å². The lowest BCUT2D eigenvalue weighted by atomic mass is 10.1. The molecule has 1 heterocycles. The van der Waals surface area contributed by atoms with Gasteiger partial charge in [-0.05, 0) is 43.4 Å². The van der Waals surface area contributed by atoms with Crippen molar-refractivity contribution < 1.29 is 4.74 Å².